The number of hydrogen-bond donors (Lipinski definition) is 0. The van der Waals surface area contributed by atoms with Crippen molar-refractivity contribution in [1.29, 1.82) is 0 Å². The highest BCUT2D eigenvalue weighted by molar-refractivity contribution is 5.73. The summed E-state index contributed by atoms with van der Waals surface area (Å²) in [5.41, 5.74) is -0.672. The van der Waals surface area contributed by atoms with Crippen molar-refractivity contribution < 1.29 is 13.6 Å². The normalized spacial score (nSPS) is 11.3. The fourth-order valence-corrected chi connectivity index (χ4v) is 1.12. The maximum atomic E-state index is 12.5. The van der Waals surface area contributed by atoms with Gasteiger partial charge in [0.1, 0.15) is 5.69 Å². The number of aromatic nitrogens is 3. The van der Waals surface area contributed by atoms with E-state index in [0.29, 0.717) is 12.8 Å². The highest BCUT2D eigenvalue weighted by Crippen LogP contribution is 2.20. The lowest BCUT2D eigenvalue weighted by Gasteiger charge is -2.07. The Morgan fingerprint density at radius 1 is 1.50 bits per heavy atom. The maximum Gasteiger partial charge on any atom is 0.282 e. The van der Waals surface area contributed by atoms with E-state index in [1.165, 1.54) is 0 Å². The molecule has 0 saturated carbocycles. The van der Waals surface area contributed by atoms with Crippen LogP contribution in [0.3, 0.4) is 0 Å². The van der Waals surface area contributed by atoms with Gasteiger partial charge in [-0.25, -0.2) is 13.5 Å². The predicted octanol–water partition coefficient (Wildman–Crippen LogP) is 1.68. The lowest BCUT2D eigenvalue weighted by molar-refractivity contribution is 0.109. The van der Waals surface area contributed by atoms with E-state index < -0.39 is 12.1 Å². The molecule has 0 aliphatic heterocycles. The summed E-state index contributed by atoms with van der Waals surface area (Å²) >= 11 is 0. The average molecular weight is 203 g/mol. The number of nitrogens with zero attached hydrogens (tertiary/aromatic N) is 3. The van der Waals surface area contributed by atoms with Crippen LogP contribution >= 0.6 is 0 Å². The summed E-state index contributed by atoms with van der Waals surface area (Å²) in [5.74, 6) is 0.175. The van der Waals surface area contributed by atoms with Crippen molar-refractivity contribution in [2.75, 3.05) is 0 Å². The Hall–Kier alpha value is -1.33. The summed E-state index contributed by atoms with van der Waals surface area (Å²) in [6.07, 6.45) is -2.42. The number of carbonyl (C=O) groups is 1. The second-order valence-corrected chi connectivity index (χ2v) is 3.35. The quantitative estimate of drug-likeness (QED) is 0.699. The summed E-state index contributed by atoms with van der Waals surface area (Å²) < 4.78 is 26.1. The molecule has 1 heterocycles. The smallest absolute Gasteiger partial charge is 0.282 e. The average Bonchev–Trinajstić information content (AvgIpc) is 2.46. The van der Waals surface area contributed by atoms with Crippen molar-refractivity contribution in [3.8, 4) is 0 Å². The zero-order valence-electron chi connectivity index (χ0n) is 7.94. The molecular weight excluding hydrogens is 192 g/mol. The third-order valence-corrected chi connectivity index (χ3v) is 1.66. The number of hydrogen-bond acceptors (Lipinski definition) is 3. The van der Waals surface area contributed by atoms with Crippen LogP contribution in [0.1, 0.15) is 36.5 Å². The van der Waals surface area contributed by atoms with E-state index in [0.717, 1.165) is 4.68 Å². The molecule has 6 heteroatoms. The Kier molecular flexibility index (Phi) is 3.27. The Bertz CT molecular complexity index is 322. The molecule has 0 unspecified atom stereocenters. The molecule has 0 bridgehead atoms. The highest BCUT2D eigenvalue weighted by Gasteiger charge is 2.21. The van der Waals surface area contributed by atoms with Crippen LogP contribution in [0.25, 0.3) is 0 Å². The standard InChI is InChI=1S/C8H11F2N3O/c1-5(2)3-13-7(8(9)10)6(4-14)11-12-13/h4-5,8H,3H2,1-2H3. The first-order valence-electron chi connectivity index (χ1n) is 4.23. The SMILES string of the molecule is CC(C)Cn1nnc(C=O)c1C(F)F. The van der Waals surface area contributed by atoms with Crippen LogP contribution in [0.4, 0.5) is 8.78 Å². The molecule has 0 amide bonds. The van der Waals surface area contributed by atoms with Gasteiger partial charge >= 0.3 is 0 Å². The Morgan fingerprint density at radius 2 is 2.14 bits per heavy atom. The molecule has 0 atom stereocenters. The van der Waals surface area contributed by atoms with E-state index >= 15 is 0 Å². The summed E-state index contributed by atoms with van der Waals surface area (Å²) in [6.45, 7) is 4.08. The van der Waals surface area contributed by atoms with Crippen LogP contribution in [0.15, 0.2) is 0 Å². The van der Waals surface area contributed by atoms with Crippen LogP contribution in [0.5, 0.6) is 0 Å². The summed E-state index contributed by atoms with van der Waals surface area (Å²) in [6, 6.07) is 0. The number of aldehydes is 1. The zero-order valence-corrected chi connectivity index (χ0v) is 7.94. The fourth-order valence-electron chi connectivity index (χ4n) is 1.12. The van der Waals surface area contributed by atoms with Gasteiger partial charge in [0.2, 0.25) is 0 Å². The second-order valence-electron chi connectivity index (χ2n) is 3.35. The predicted molar refractivity (Wildman–Crippen MR) is 45.2 cm³/mol. The molecule has 0 spiro atoms. The van der Waals surface area contributed by atoms with Crippen molar-refractivity contribution in [1.82, 2.24) is 15.0 Å². The van der Waals surface area contributed by atoms with Gasteiger partial charge in [0.15, 0.2) is 12.0 Å². The van der Waals surface area contributed by atoms with Crippen molar-refractivity contribution in [3.63, 3.8) is 0 Å². The molecule has 0 aromatic carbocycles. The molecule has 0 aliphatic rings. The molecular formula is C8H11F2N3O. The highest BCUT2D eigenvalue weighted by atomic mass is 19.3. The van der Waals surface area contributed by atoms with Crippen molar-refractivity contribution >= 4 is 6.29 Å². The summed E-state index contributed by atoms with van der Waals surface area (Å²) in [5, 5.41) is 6.88. The minimum absolute atomic E-state index is 0.175. The third kappa shape index (κ3) is 2.12. The summed E-state index contributed by atoms with van der Waals surface area (Å²) in [4.78, 5) is 10.4. The van der Waals surface area contributed by atoms with Gasteiger partial charge in [-0.15, -0.1) is 5.10 Å². The molecule has 78 valence electrons. The van der Waals surface area contributed by atoms with Crippen LogP contribution in [0, 0.1) is 5.92 Å². The number of alkyl halides is 2. The first kappa shape index (κ1) is 10.7. The molecule has 0 fully saturated rings. The largest absolute Gasteiger partial charge is 0.296 e. The van der Waals surface area contributed by atoms with Gasteiger partial charge in [0.25, 0.3) is 6.43 Å². The molecule has 0 aliphatic carbocycles. The molecule has 14 heavy (non-hydrogen) atoms. The maximum absolute atomic E-state index is 12.5. The van der Waals surface area contributed by atoms with Gasteiger partial charge in [0.05, 0.1) is 0 Å². The molecule has 0 N–H and O–H groups in total. The minimum atomic E-state index is -2.72. The summed E-state index contributed by atoms with van der Waals surface area (Å²) in [7, 11) is 0. The first-order valence-corrected chi connectivity index (χ1v) is 4.23. The second kappa shape index (κ2) is 4.26. The zero-order chi connectivity index (χ0) is 10.7. The topological polar surface area (TPSA) is 47.8 Å². The van der Waals surface area contributed by atoms with Crippen LogP contribution in [0.2, 0.25) is 0 Å². The van der Waals surface area contributed by atoms with Gasteiger partial charge < -0.3 is 0 Å². The Morgan fingerprint density at radius 3 is 2.57 bits per heavy atom. The lowest BCUT2D eigenvalue weighted by atomic mass is 10.2. The fraction of sp³-hybridized carbons (Fsp3) is 0.625. The van der Waals surface area contributed by atoms with Crippen molar-refractivity contribution in [2.24, 2.45) is 5.92 Å². The van der Waals surface area contributed by atoms with E-state index in [1.807, 2.05) is 13.8 Å². The van der Waals surface area contributed by atoms with Crippen LogP contribution < -0.4 is 0 Å². The van der Waals surface area contributed by atoms with E-state index in [2.05, 4.69) is 10.3 Å². The van der Waals surface area contributed by atoms with Crippen molar-refractivity contribution in [2.45, 2.75) is 26.8 Å². The van der Waals surface area contributed by atoms with E-state index in [4.69, 9.17) is 0 Å². The molecule has 4 nitrogen and oxygen atoms in total. The number of rotatable bonds is 4. The van der Waals surface area contributed by atoms with Crippen molar-refractivity contribution in [3.05, 3.63) is 11.4 Å². The molecule has 1 aromatic heterocycles. The van der Waals surface area contributed by atoms with Gasteiger partial charge in [0, 0.05) is 6.54 Å². The Balaban J connectivity index is 3.04. The molecule has 0 radical (unpaired) electrons. The van der Waals surface area contributed by atoms with E-state index in [1.54, 1.807) is 0 Å². The van der Waals surface area contributed by atoms with E-state index in [-0.39, 0.29) is 11.6 Å². The molecule has 1 aromatic rings. The third-order valence-electron chi connectivity index (χ3n) is 1.66. The first-order chi connectivity index (χ1) is 6.56. The number of carbonyl (C=O) groups excluding carboxylic acids is 1. The molecule has 1 rings (SSSR count). The number of halogens is 2. The van der Waals surface area contributed by atoms with Gasteiger partial charge in [-0.05, 0) is 5.92 Å². The minimum Gasteiger partial charge on any atom is -0.296 e. The lowest BCUT2D eigenvalue weighted by Crippen LogP contribution is -2.10. The monoisotopic (exact) mass is 203 g/mol. The van der Waals surface area contributed by atoms with E-state index in [9.17, 15) is 13.6 Å². The van der Waals surface area contributed by atoms with Gasteiger partial charge in [-0.1, -0.05) is 19.1 Å². The van der Waals surface area contributed by atoms with Gasteiger partial charge in [-0.3, -0.25) is 4.79 Å². The van der Waals surface area contributed by atoms with Gasteiger partial charge in [-0.2, -0.15) is 0 Å². The van der Waals surface area contributed by atoms with Crippen LogP contribution in [-0.2, 0) is 6.54 Å². The Labute approximate surface area is 79.9 Å². The van der Waals surface area contributed by atoms with Crippen LogP contribution in [-0.4, -0.2) is 21.3 Å². The molecule has 0 saturated heterocycles.